The maximum Gasteiger partial charge on any atom is 0.0316 e. The molecule has 2 unspecified atom stereocenters. The number of rotatable bonds is 24. The van der Waals surface area contributed by atoms with Crippen molar-refractivity contribution < 1.29 is 0 Å². The van der Waals surface area contributed by atoms with E-state index in [1.54, 1.807) is 11.1 Å². The van der Waals surface area contributed by atoms with Crippen LogP contribution in [-0.4, -0.2) is 0 Å². The van der Waals surface area contributed by atoms with E-state index < -0.39 is 0 Å². The first kappa shape index (κ1) is 44.6. The molecule has 0 aromatic heterocycles. The van der Waals surface area contributed by atoms with E-state index in [4.69, 9.17) is 11.5 Å². The van der Waals surface area contributed by atoms with Crippen LogP contribution in [0.25, 0.3) is 0 Å². The first-order chi connectivity index (χ1) is 27.8. The van der Waals surface area contributed by atoms with Crippen LogP contribution in [-0.2, 0) is 5.41 Å². The molecule has 0 radical (unpaired) electrons. The number of unbranched alkanes of at least 4 members (excludes halogenated alkanes) is 11. The maximum absolute atomic E-state index is 6.27. The summed E-state index contributed by atoms with van der Waals surface area (Å²) in [5, 5.41) is 0. The van der Waals surface area contributed by atoms with E-state index in [0.717, 1.165) is 11.4 Å². The van der Waals surface area contributed by atoms with Gasteiger partial charge in [-0.3, -0.25) is 0 Å². The molecule has 0 saturated heterocycles. The molecule has 0 spiro atoms. The molecule has 4 aromatic rings. The molecule has 2 nitrogen and oxygen atoms in total. The van der Waals surface area contributed by atoms with E-state index in [1.807, 2.05) is 0 Å². The van der Waals surface area contributed by atoms with Gasteiger partial charge >= 0.3 is 0 Å². The Bertz CT molecular complexity index is 1620. The molecule has 57 heavy (non-hydrogen) atoms. The Hall–Kier alpha value is -3.52. The largest absolute Gasteiger partial charge is 0.399 e. The van der Waals surface area contributed by atoms with Crippen molar-refractivity contribution in [1.82, 2.24) is 0 Å². The Balaban J connectivity index is 1.57. The second-order valence-corrected chi connectivity index (χ2v) is 18.1. The summed E-state index contributed by atoms with van der Waals surface area (Å²) < 4.78 is 0. The molecule has 4 N–H and O–H groups in total. The van der Waals surface area contributed by atoms with Crippen LogP contribution in [0.4, 0.5) is 11.4 Å². The molecular weight excluding hydrogens is 689 g/mol. The van der Waals surface area contributed by atoms with E-state index in [0.29, 0.717) is 17.8 Å². The van der Waals surface area contributed by atoms with Crippen LogP contribution in [0.1, 0.15) is 218 Å². The highest BCUT2D eigenvalue weighted by molar-refractivity contribution is 5.51. The fourth-order valence-electron chi connectivity index (χ4n) is 10.7. The molecular formula is C55H80N2. The van der Waals surface area contributed by atoms with Crippen molar-refractivity contribution in [2.24, 2.45) is 5.92 Å². The predicted octanol–water partition coefficient (Wildman–Crippen LogP) is 16.3. The number of hydrogen-bond donors (Lipinski definition) is 2. The monoisotopic (exact) mass is 769 g/mol. The zero-order valence-corrected chi connectivity index (χ0v) is 37.0. The van der Waals surface area contributed by atoms with Crippen LogP contribution >= 0.6 is 0 Å². The Morgan fingerprint density at radius 3 is 1.32 bits per heavy atom. The lowest BCUT2D eigenvalue weighted by molar-refractivity contribution is 0.220. The van der Waals surface area contributed by atoms with Gasteiger partial charge in [0.15, 0.2) is 0 Å². The maximum atomic E-state index is 6.27. The van der Waals surface area contributed by atoms with Gasteiger partial charge in [-0.25, -0.2) is 0 Å². The summed E-state index contributed by atoms with van der Waals surface area (Å²) in [7, 11) is 0. The molecule has 5 rings (SSSR count). The molecule has 1 aliphatic carbocycles. The van der Waals surface area contributed by atoms with Gasteiger partial charge in [-0.2, -0.15) is 0 Å². The Morgan fingerprint density at radius 1 is 0.491 bits per heavy atom. The van der Waals surface area contributed by atoms with E-state index in [-0.39, 0.29) is 5.41 Å². The van der Waals surface area contributed by atoms with Gasteiger partial charge in [0, 0.05) is 28.6 Å². The minimum Gasteiger partial charge on any atom is -0.399 e. The van der Waals surface area contributed by atoms with Crippen molar-refractivity contribution in [2.45, 2.75) is 193 Å². The third-order valence-corrected chi connectivity index (χ3v) is 13.9. The molecule has 2 heteroatoms. The topological polar surface area (TPSA) is 52.0 Å². The lowest BCUT2D eigenvalue weighted by atomic mass is 9.59. The highest BCUT2D eigenvalue weighted by Gasteiger charge is 2.42. The molecule has 310 valence electrons. The van der Waals surface area contributed by atoms with Gasteiger partial charge in [-0.15, -0.1) is 0 Å². The summed E-state index contributed by atoms with van der Waals surface area (Å²) in [4.78, 5) is 0. The van der Waals surface area contributed by atoms with Crippen LogP contribution < -0.4 is 11.5 Å². The summed E-state index contributed by atoms with van der Waals surface area (Å²) in [5.41, 5.74) is 25.8. The van der Waals surface area contributed by atoms with Crippen molar-refractivity contribution in [3.8, 4) is 0 Å². The van der Waals surface area contributed by atoms with E-state index >= 15 is 0 Å². The van der Waals surface area contributed by atoms with Crippen LogP contribution in [0.3, 0.4) is 0 Å². The highest BCUT2D eigenvalue weighted by Crippen LogP contribution is 2.50. The Kier molecular flexibility index (Phi) is 18.1. The number of anilines is 2. The van der Waals surface area contributed by atoms with Crippen molar-refractivity contribution in [3.05, 3.63) is 129 Å². The zero-order valence-electron chi connectivity index (χ0n) is 37.0. The van der Waals surface area contributed by atoms with Gasteiger partial charge in [0.25, 0.3) is 0 Å². The summed E-state index contributed by atoms with van der Waals surface area (Å²) in [6, 6.07) is 33.6. The normalized spacial score (nSPS) is 15.7. The quantitative estimate of drug-likeness (QED) is 0.0551. The van der Waals surface area contributed by atoms with Gasteiger partial charge < -0.3 is 11.5 Å². The minimum atomic E-state index is 0.0176. The lowest BCUT2D eigenvalue weighted by Crippen LogP contribution is -2.38. The summed E-state index contributed by atoms with van der Waals surface area (Å²) in [6.45, 7) is 11.5. The fraction of sp³-hybridized carbons (Fsp3) is 0.564. The summed E-state index contributed by atoms with van der Waals surface area (Å²) >= 11 is 0. The standard InChI is InChI=1S/C55H80N2/c1-6-9-12-15-16-22-39-55(46-23-18-17-19-24-46,47-31-27-44(28-32-47)53(25-20-13-10-7-2)51-37-35-49(56)40-42(51)4)48-33-29-45(30-34-48)54(26-21-14-11-8-3)52-38-36-50(57)41-43(52)5/h27-38,40-41,46,53-54H,6-26,39,56-57H2,1-5H3. The van der Waals surface area contributed by atoms with Gasteiger partial charge in [-0.05, 0) is 121 Å². The average Bonchev–Trinajstić information content (AvgIpc) is 3.22. The van der Waals surface area contributed by atoms with Crippen LogP contribution in [0, 0.1) is 19.8 Å². The third-order valence-electron chi connectivity index (χ3n) is 13.9. The first-order valence-corrected chi connectivity index (χ1v) is 23.7. The smallest absolute Gasteiger partial charge is 0.0316 e. The zero-order chi connectivity index (χ0) is 40.5. The average molecular weight is 769 g/mol. The van der Waals surface area contributed by atoms with Crippen LogP contribution in [0.5, 0.6) is 0 Å². The molecule has 4 aromatic carbocycles. The lowest BCUT2D eigenvalue weighted by Gasteiger charge is -2.45. The van der Waals surface area contributed by atoms with E-state index in [9.17, 15) is 0 Å². The van der Waals surface area contributed by atoms with Crippen molar-refractivity contribution in [1.29, 1.82) is 0 Å². The number of aryl methyl sites for hydroxylation is 2. The number of nitrogens with two attached hydrogens (primary N) is 2. The van der Waals surface area contributed by atoms with Gasteiger partial charge in [0.1, 0.15) is 0 Å². The SMILES string of the molecule is CCCCCCCCC(c1ccc(C(CCCCCC)c2ccc(N)cc2C)cc1)(c1ccc(C(CCCCCC)c2ccc(N)cc2C)cc1)C1CCCCC1. The molecule has 0 bridgehead atoms. The molecule has 1 fully saturated rings. The molecule has 2 atom stereocenters. The van der Waals surface area contributed by atoms with Gasteiger partial charge in [-0.1, -0.05) is 191 Å². The molecule has 1 saturated carbocycles. The van der Waals surface area contributed by atoms with Crippen molar-refractivity contribution >= 4 is 11.4 Å². The number of hydrogen-bond acceptors (Lipinski definition) is 2. The summed E-state index contributed by atoms with van der Waals surface area (Å²) in [6.07, 6.45) is 28.6. The Labute approximate surface area is 350 Å². The molecule has 0 amide bonds. The first-order valence-electron chi connectivity index (χ1n) is 23.7. The number of benzene rings is 4. The molecule has 0 aliphatic heterocycles. The van der Waals surface area contributed by atoms with Crippen molar-refractivity contribution in [2.75, 3.05) is 11.5 Å². The predicted molar refractivity (Wildman–Crippen MR) is 251 cm³/mol. The highest BCUT2D eigenvalue weighted by atomic mass is 14.5. The minimum absolute atomic E-state index is 0.0176. The van der Waals surface area contributed by atoms with E-state index in [2.05, 4.69) is 120 Å². The van der Waals surface area contributed by atoms with Gasteiger partial charge in [0.2, 0.25) is 0 Å². The molecule has 1 aliphatic rings. The van der Waals surface area contributed by atoms with Crippen LogP contribution in [0.15, 0.2) is 84.9 Å². The number of nitrogen functional groups attached to an aromatic ring is 2. The second-order valence-electron chi connectivity index (χ2n) is 18.1. The van der Waals surface area contributed by atoms with E-state index in [1.165, 1.54) is 175 Å². The third kappa shape index (κ3) is 12.0. The second kappa shape index (κ2) is 23.2. The fourth-order valence-corrected chi connectivity index (χ4v) is 10.7. The summed E-state index contributed by atoms with van der Waals surface area (Å²) in [5.74, 6) is 1.45. The van der Waals surface area contributed by atoms with Crippen molar-refractivity contribution in [3.63, 3.8) is 0 Å². The molecule has 0 heterocycles. The van der Waals surface area contributed by atoms with Gasteiger partial charge in [0.05, 0.1) is 0 Å². The Morgan fingerprint density at radius 2 is 0.895 bits per heavy atom. The van der Waals surface area contributed by atoms with Crippen LogP contribution in [0.2, 0.25) is 0 Å².